The smallest absolute Gasteiger partial charge is 0.119 e. The predicted molar refractivity (Wildman–Crippen MR) is 98.3 cm³/mol. The number of thioether (sulfide) groups is 2. The standard InChI is InChI=1S/C15H23BrN2OS2/c1-3-14-15(21-7-6-20-14)13(18-17)9-10-8-11(19-2)4-5-12(10)16/h4-5,8,13-15,18H,3,6-7,9,17H2,1-2H3. The van der Waals surface area contributed by atoms with Crippen LogP contribution in [-0.2, 0) is 6.42 Å². The summed E-state index contributed by atoms with van der Waals surface area (Å²) in [4.78, 5) is 0. The van der Waals surface area contributed by atoms with E-state index in [-0.39, 0.29) is 6.04 Å². The molecule has 1 aromatic carbocycles. The summed E-state index contributed by atoms with van der Waals surface area (Å²) < 4.78 is 6.45. The van der Waals surface area contributed by atoms with Crippen LogP contribution in [0.25, 0.3) is 0 Å². The van der Waals surface area contributed by atoms with Gasteiger partial charge < -0.3 is 4.74 Å². The molecule has 1 fully saturated rings. The number of ether oxygens (including phenoxy) is 1. The van der Waals surface area contributed by atoms with E-state index in [2.05, 4.69) is 57.9 Å². The van der Waals surface area contributed by atoms with Gasteiger partial charge in [-0.3, -0.25) is 11.3 Å². The molecule has 0 amide bonds. The van der Waals surface area contributed by atoms with Crippen molar-refractivity contribution in [2.45, 2.75) is 36.3 Å². The molecule has 3 nitrogen and oxygen atoms in total. The van der Waals surface area contributed by atoms with E-state index in [1.807, 2.05) is 12.1 Å². The quantitative estimate of drug-likeness (QED) is 0.575. The third-order valence-corrected chi connectivity index (χ3v) is 7.98. The highest BCUT2D eigenvalue weighted by atomic mass is 79.9. The van der Waals surface area contributed by atoms with Crippen molar-refractivity contribution >= 4 is 39.5 Å². The first kappa shape index (κ1) is 17.5. The van der Waals surface area contributed by atoms with Crippen LogP contribution in [-0.4, -0.2) is 35.2 Å². The molecule has 2 rings (SSSR count). The minimum atomic E-state index is 0.274. The first-order valence-corrected chi connectivity index (χ1v) is 10.1. The molecule has 0 aromatic heterocycles. The van der Waals surface area contributed by atoms with Gasteiger partial charge in [0, 0.05) is 32.5 Å². The molecule has 0 bridgehead atoms. The molecule has 3 N–H and O–H groups in total. The maximum absolute atomic E-state index is 5.87. The molecule has 6 heteroatoms. The van der Waals surface area contributed by atoms with Crippen molar-refractivity contribution in [3.8, 4) is 5.75 Å². The zero-order valence-electron chi connectivity index (χ0n) is 12.5. The van der Waals surface area contributed by atoms with Crippen molar-refractivity contribution in [3.05, 3.63) is 28.2 Å². The molecule has 3 unspecified atom stereocenters. The fourth-order valence-corrected chi connectivity index (χ4v) is 6.31. The lowest BCUT2D eigenvalue weighted by molar-refractivity contribution is 0.413. The molecule has 0 spiro atoms. The van der Waals surface area contributed by atoms with Gasteiger partial charge in [-0.25, -0.2) is 0 Å². The summed E-state index contributed by atoms with van der Waals surface area (Å²) in [6.45, 7) is 2.27. The van der Waals surface area contributed by atoms with E-state index in [1.54, 1.807) is 7.11 Å². The zero-order chi connectivity index (χ0) is 15.2. The first-order valence-electron chi connectivity index (χ1n) is 7.21. The summed E-state index contributed by atoms with van der Waals surface area (Å²) in [5, 5.41) is 1.23. The van der Waals surface area contributed by atoms with Crippen LogP contribution in [0.2, 0.25) is 0 Å². The van der Waals surface area contributed by atoms with E-state index >= 15 is 0 Å². The topological polar surface area (TPSA) is 47.3 Å². The molecule has 0 aliphatic carbocycles. The highest BCUT2D eigenvalue weighted by molar-refractivity contribution is 9.10. The molecular formula is C15H23BrN2OS2. The summed E-state index contributed by atoms with van der Waals surface area (Å²) in [7, 11) is 1.70. The molecule has 0 radical (unpaired) electrons. The van der Waals surface area contributed by atoms with Crippen LogP contribution in [0.5, 0.6) is 5.75 Å². The highest BCUT2D eigenvalue weighted by Crippen LogP contribution is 2.36. The summed E-state index contributed by atoms with van der Waals surface area (Å²) in [6.07, 6.45) is 2.10. The van der Waals surface area contributed by atoms with Crippen LogP contribution in [0.1, 0.15) is 18.9 Å². The van der Waals surface area contributed by atoms with Gasteiger partial charge in [0.1, 0.15) is 5.75 Å². The van der Waals surface area contributed by atoms with Crippen LogP contribution < -0.4 is 16.0 Å². The van der Waals surface area contributed by atoms with Gasteiger partial charge in [-0.2, -0.15) is 23.5 Å². The first-order chi connectivity index (χ1) is 10.2. The van der Waals surface area contributed by atoms with Crippen LogP contribution in [0.15, 0.2) is 22.7 Å². The number of methoxy groups -OCH3 is 1. The lowest BCUT2D eigenvalue weighted by atomic mass is 10.0. The van der Waals surface area contributed by atoms with Crippen LogP contribution in [0.4, 0.5) is 0 Å². The average Bonchev–Trinajstić information content (AvgIpc) is 2.54. The van der Waals surface area contributed by atoms with Gasteiger partial charge in [-0.05, 0) is 36.6 Å². The third-order valence-electron chi connectivity index (χ3n) is 3.80. The Morgan fingerprint density at radius 3 is 2.86 bits per heavy atom. The normalized spacial score (nSPS) is 23.8. The van der Waals surface area contributed by atoms with E-state index in [0.29, 0.717) is 10.5 Å². The van der Waals surface area contributed by atoms with Crippen LogP contribution in [0, 0.1) is 0 Å². The van der Waals surface area contributed by atoms with Gasteiger partial charge in [0.05, 0.1) is 7.11 Å². The number of halogens is 1. The van der Waals surface area contributed by atoms with Crippen molar-refractivity contribution in [3.63, 3.8) is 0 Å². The third kappa shape index (κ3) is 4.55. The van der Waals surface area contributed by atoms with Crippen molar-refractivity contribution < 1.29 is 4.74 Å². The molecule has 0 saturated carbocycles. The summed E-state index contributed by atoms with van der Waals surface area (Å²) in [6, 6.07) is 6.38. The Balaban J connectivity index is 2.14. The fourth-order valence-electron chi connectivity index (χ4n) is 2.65. The summed E-state index contributed by atoms with van der Waals surface area (Å²) in [5.41, 5.74) is 4.29. The molecule has 1 aliphatic heterocycles. The molecule has 21 heavy (non-hydrogen) atoms. The van der Waals surface area contributed by atoms with Gasteiger partial charge in [-0.1, -0.05) is 22.9 Å². The number of rotatable bonds is 6. The molecule has 1 aromatic rings. The van der Waals surface area contributed by atoms with Gasteiger partial charge in [-0.15, -0.1) is 0 Å². The molecule has 118 valence electrons. The molecule has 3 atom stereocenters. The van der Waals surface area contributed by atoms with Gasteiger partial charge in [0.25, 0.3) is 0 Å². The monoisotopic (exact) mass is 390 g/mol. The number of hydrogen-bond donors (Lipinski definition) is 2. The average molecular weight is 391 g/mol. The second-order valence-electron chi connectivity index (χ2n) is 5.09. The Bertz CT molecular complexity index is 461. The van der Waals surface area contributed by atoms with E-state index in [4.69, 9.17) is 10.6 Å². The van der Waals surface area contributed by atoms with Gasteiger partial charge in [0.2, 0.25) is 0 Å². The van der Waals surface area contributed by atoms with E-state index in [9.17, 15) is 0 Å². The zero-order valence-corrected chi connectivity index (χ0v) is 15.7. The maximum atomic E-state index is 5.87. The number of nitrogens with two attached hydrogens (primary N) is 1. The number of benzene rings is 1. The van der Waals surface area contributed by atoms with Crippen molar-refractivity contribution in [1.29, 1.82) is 0 Å². The Labute approximate surface area is 144 Å². The number of hydrazine groups is 1. The summed E-state index contributed by atoms with van der Waals surface area (Å²) >= 11 is 7.78. The Hall–Kier alpha value is 0.120. The Kier molecular flexibility index (Phi) is 7.22. The Morgan fingerprint density at radius 1 is 1.43 bits per heavy atom. The summed E-state index contributed by atoms with van der Waals surface area (Å²) in [5.74, 6) is 9.22. The van der Waals surface area contributed by atoms with Crippen molar-refractivity contribution in [2.24, 2.45) is 5.84 Å². The van der Waals surface area contributed by atoms with E-state index in [0.717, 1.165) is 16.6 Å². The molecular weight excluding hydrogens is 368 g/mol. The van der Waals surface area contributed by atoms with Crippen molar-refractivity contribution in [2.75, 3.05) is 18.6 Å². The molecule has 1 aliphatic rings. The van der Waals surface area contributed by atoms with Crippen LogP contribution in [0.3, 0.4) is 0 Å². The van der Waals surface area contributed by atoms with Gasteiger partial charge >= 0.3 is 0 Å². The van der Waals surface area contributed by atoms with Crippen molar-refractivity contribution in [1.82, 2.24) is 5.43 Å². The second-order valence-corrected chi connectivity index (χ2v) is 8.57. The second kappa shape index (κ2) is 8.67. The minimum Gasteiger partial charge on any atom is -0.497 e. The number of hydrogen-bond acceptors (Lipinski definition) is 5. The van der Waals surface area contributed by atoms with E-state index < -0.39 is 0 Å². The number of nitrogens with one attached hydrogen (secondary N) is 1. The minimum absolute atomic E-state index is 0.274. The SMILES string of the molecule is CCC1SCCSC1C(Cc1cc(OC)ccc1Br)NN. The van der Waals surface area contributed by atoms with Crippen LogP contribution >= 0.6 is 39.5 Å². The Morgan fingerprint density at radius 2 is 2.19 bits per heavy atom. The lowest BCUT2D eigenvalue weighted by Crippen LogP contribution is -2.49. The fraction of sp³-hybridized carbons (Fsp3) is 0.600. The van der Waals surface area contributed by atoms with E-state index in [1.165, 1.54) is 23.5 Å². The molecule has 1 heterocycles. The van der Waals surface area contributed by atoms with Gasteiger partial charge in [0.15, 0.2) is 0 Å². The highest BCUT2D eigenvalue weighted by Gasteiger charge is 2.31. The predicted octanol–water partition coefficient (Wildman–Crippen LogP) is 3.46. The molecule has 1 saturated heterocycles. The largest absolute Gasteiger partial charge is 0.497 e. The maximum Gasteiger partial charge on any atom is 0.119 e. The lowest BCUT2D eigenvalue weighted by Gasteiger charge is -2.35.